The SMILES string of the molecule is O=S(=O)(C1CC1)n1cc(-c2nccc(Nc3cc(NC4CCC(CO)CC4)c(-c4ccn(C(F)F)n4)cn3)n2)cn1. The number of hydrogen-bond donors (Lipinski definition) is 3. The third-order valence-electron chi connectivity index (χ3n) is 7.39. The van der Waals surface area contributed by atoms with Crippen LogP contribution in [0.5, 0.6) is 0 Å². The molecule has 4 heterocycles. The van der Waals surface area contributed by atoms with E-state index < -0.39 is 21.8 Å². The van der Waals surface area contributed by atoms with E-state index in [2.05, 4.69) is 35.8 Å². The van der Waals surface area contributed by atoms with Gasteiger partial charge in [-0.05, 0) is 56.6 Å². The van der Waals surface area contributed by atoms with Crippen LogP contribution in [0.3, 0.4) is 0 Å². The van der Waals surface area contributed by atoms with Crippen molar-refractivity contribution in [3.63, 3.8) is 0 Å². The van der Waals surface area contributed by atoms with Gasteiger partial charge in [0.2, 0.25) is 0 Å². The molecule has 41 heavy (non-hydrogen) atoms. The van der Waals surface area contributed by atoms with Crippen molar-refractivity contribution in [1.82, 2.24) is 33.9 Å². The Balaban J connectivity index is 1.25. The molecule has 0 spiro atoms. The molecule has 2 aliphatic rings. The lowest BCUT2D eigenvalue weighted by Crippen LogP contribution is -2.27. The van der Waals surface area contributed by atoms with Crippen molar-refractivity contribution in [3.8, 4) is 22.6 Å². The molecular formula is C26H29F2N9O3S. The standard InChI is InChI=1S/C26H29F2N9O3S/c27-26(28)36-10-8-21(35-36)20-13-30-24(11-22(20)32-18-3-1-16(15-38)2-4-18)33-23-7-9-29-25(34-23)17-12-31-37(14-17)41(39,40)19-5-6-19/h7-14,16,18-19,26,38H,1-6,15H2,(H2,29,30,32,33,34). The van der Waals surface area contributed by atoms with Crippen LogP contribution in [0.15, 0.2) is 49.2 Å². The molecule has 0 radical (unpaired) electrons. The van der Waals surface area contributed by atoms with Gasteiger partial charge in [-0.25, -0.2) is 28.1 Å². The van der Waals surface area contributed by atoms with Crippen molar-refractivity contribution in [2.75, 3.05) is 17.2 Å². The van der Waals surface area contributed by atoms with E-state index in [9.17, 15) is 22.3 Å². The van der Waals surface area contributed by atoms with E-state index in [4.69, 9.17) is 0 Å². The topological polar surface area (TPSA) is 153 Å². The zero-order valence-corrected chi connectivity index (χ0v) is 22.8. The molecule has 2 saturated carbocycles. The van der Waals surface area contributed by atoms with Crippen LogP contribution in [-0.2, 0) is 10.0 Å². The van der Waals surface area contributed by atoms with E-state index in [1.165, 1.54) is 24.7 Å². The van der Waals surface area contributed by atoms with Gasteiger partial charge < -0.3 is 15.7 Å². The predicted octanol–water partition coefficient (Wildman–Crippen LogP) is 4.04. The second-order valence-corrected chi connectivity index (χ2v) is 12.4. The first-order valence-electron chi connectivity index (χ1n) is 13.4. The number of nitrogens with one attached hydrogen (secondary N) is 2. The highest BCUT2D eigenvalue weighted by molar-refractivity contribution is 7.90. The maximum atomic E-state index is 13.2. The van der Waals surface area contributed by atoms with Crippen LogP contribution >= 0.6 is 0 Å². The summed E-state index contributed by atoms with van der Waals surface area (Å²) in [6.07, 6.45) is 11.9. The summed E-state index contributed by atoms with van der Waals surface area (Å²) in [6, 6.07) is 5.08. The number of halogens is 2. The highest BCUT2D eigenvalue weighted by atomic mass is 32.2. The average Bonchev–Trinajstić information content (AvgIpc) is 3.51. The summed E-state index contributed by atoms with van der Waals surface area (Å²) in [5, 5.41) is 23.8. The first kappa shape index (κ1) is 27.2. The Morgan fingerprint density at radius 1 is 1.05 bits per heavy atom. The summed E-state index contributed by atoms with van der Waals surface area (Å²) < 4.78 is 52.9. The van der Waals surface area contributed by atoms with Crippen LogP contribution in [0.25, 0.3) is 22.6 Å². The first-order valence-corrected chi connectivity index (χ1v) is 14.9. The molecule has 2 fully saturated rings. The summed E-state index contributed by atoms with van der Waals surface area (Å²) in [4.78, 5) is 13.2. The van der Waals surface area contributed by atoms with Gasteiger partial charge in [0.05, 0.1) is 28.9 Å². The second kappa shape index (κ2) is 11.1. The fraction of sp³-hybridized carbons (Fsp3) is 0.423. The molecule has 4 aromatic heterocycles. The molecule has 0 saturated heterocycles. The largest absolute Gasteiger partial charge is 0.396 e. The molecular weight excluding hydrogens is 556 g/mol. The number of rotatable bonds is 10. The van der Waals surface area contributed by atoms with E-state index in [1.807, 2.05) is 0 Å². The maximum absolute atomic E-state index is 13.2. The van der Waals surface area contributed by atoms with Gasteiger partial charge in [0.15, 0.2) is 5.82 Å². The second-order valence-electron chi connectivity index (χ2n) is 10.4. The molecule has 12 nitrogen and oxygen atoms in total. The lowest BCUT2D eigenvalue weighted by molar-refractivity contribution is 0.0568. The third kappa shape index (κ3) is 5.91. The number of anilines is 3. The molecule has 0 bridgehead atoms. The summed E-state index contributed by atoms with van der Waals surface area (Å²) in [5.74, 6) is 1.45. The minimum absolute atomic E-state index is 0.137. The zero-order valence-electron chi connectivity index (χ0n) is 21.9. The highest BCUT2D eigenvalue weighted by Crippen LogP contribution is 2.34. The number of hydrogen-bond acceptors (Lipinski definition) is 10. The summed E-state index contributed by atoms with van der Waals surface area (Å²) in [7, 11) is -3.51. The predicted molar refractivity (Wildman–Crippen MR) is 147 cm³/mol. The lowest BCUT2D eigenvalue weighted by Gasteiger charge is -2.29. The number of pyridine rings is 1. The maximum Gasteiger partial charge on any atom is 0.333 e. The monoisotopic (exact) mass is 585 g/mol. The van der Waals surface area contributed by atoms with Gasteiger partial charge in [-0.1, -0.05) is 0 Å². The minimum atomic E-state index is -3.51. The van der Waals surface area contributed by atoms with Crippen molar-refractivity contribution in [1.29, 1.82) is 0 Å². The van der Waals surface area contributed by atoms with Gasteiger partial charge in [0.1, 0.15) is 11.6 Å². The summed E-state index contributed by atoms with van der Waals surface area (Å²) in [6.45, 7) is -2.58. The normalized spacial score (nSPS) is 19.4. The molecule has 6 rings (SSSR count). The van der Waals surface area contributed by atoms with Crippen molar-refractivity contribution in [2.45, 2.75) is 56.4 Å². The van der Waals surface area contributed by atoms with E-state index in [0.29, 0.717) is 57.5 Å². The molecule has 3 N–H and O–H groups in total. The van der Waals surface area contributed by atoms with E-state index in [-0.39, 0.29) is 18.6 Å². The average molecular weight is 586 g/mol. The lowest BCUT2D eigenvalue weighted by atomic mass is 9.86. The van der Waals surface area contributed by atoms with Crippen LogP contribution in [-0.4, -0.2) is 65.3 Å². The van der Waals surface area contributed by atoms with Crippen molar-refractivity contribution >= 4 is 27.3 Å². The molecule has 4 aromatic rings. The van der Waals surface area contributed by atoms with Gasteiger partial charge in [-0.15, -0.1) is 0 Å². The third-order valence-corrected chi connectivity index (χ3v) is 9.42. The number of aliphatic hydroxyl groups excluding tert-OH is 1. The number of alkyl halides is 2. The van der Waals surface area contributed by atoms with Gasteiger partial charge in [-0.2, -0.15) is 23.1 Å². The molecule has 216 valence electrons. The fourth-order valence-corrected chi connectivity index (χ4v) is 6.40. The molecule has 0 atom stereocenters. The van der Waals surface area contributed by atoms with E-state index >= 15 is 0 Å². The Bertz CT molecular complexity index is 1630. The quantitative estimate of drug-likeness (QED) is 0.249. The molecule has 0 amide bonds. The van der Waals surface area contributed by atoms with Crippen molar-refractivity contribution in [2.24, 2.45) is 5.92 Å². The Morgan fingerprint density at radius 2 is 1.85 bits per heavy atom. The number of nitrogens with zero attached hydrogens (tertiary/aromatic N) is 7. The molecule has 0 aliphatic heterocycles. The minimum Gasteiger partial charge on any atom is -0.396 e. The zero-order chi connectivity index (χ0) is 28.6. The van der Waals surface area contributed by atoms with Gasteiger partial charge in [-0.3, -0.25) is 0 Å². The summed E-state index contributed by atoms with van der Waals surface area (Å²) >= 11 is 0. The first-order chi connectivity index (χ1) is 19.8. The van der Waals surface area contributed by atoms with Gasteiger partial charge in [0.25, 0.3) is 10.0 Å². The Labute approximate surface area is 234 Å². The van der Waals surface area contributed by atoms with Crippen LogP contribution in [0, 0.1) is 5.92 Å². The molecule has 15 heteroatoms. The molecule has 0 unspecified atom stereocenters. The van der Waals surface area contributed by atoms with Gasteiger partial charge >= 0.3 is 6.55 Å². The van der Waals surface area contributed by atoms with Crippen molar-refractivity contribution < 1.29 is 22.3 Å². The van der Waals surface area contributed by atoms with Crippen molar-refractivity contribution in [3.05, 3.63) is 49.2 Å². The molecule has 0 aromatic carbocycles. The Morgan fingerprint density at radius 3 is 2.56 bits per heavy atom. The Kier molecular flexibility index (Phi) is 7.38. The van der Waals surface area contributed by atoms with Crippen LogP contribution in [0.4, 0.5) is 26.1 Å². The fourth-order valence-electron chi connectivity index (χ4n) is 4.92. The number of aromatic nitrogens is 7. The summed E-state index contributed by atoms with van der Waals surface area (Å²) in [5.41, 5.74) is 2.07. The van der Waals surface area contributed by atoms with E-state index in [1.54, 1.807) is 24.5 Å². The molecule has 2 aliphatic carbocycles. The van der Waals surface area contributed by atoms with Crippen LogP contribution in [0.2, 0.25) is 0 Å². The van der Waals surface area contributed by atoms with E-state index in [0.717, 1.165) is 29.8 Å². The highest BCUT2D eigenvalue weighted by Gasteiger charge is 2.37. The van der Waals surface area contributed by atoms with Gasteiger partial charge in [0, 0.05) is 48.6 Å². The van der Waals surface area contributed by atoms with Crippen LogP contribution in [0.1, 0.15) is 45.1 Å². The Hall–Kier alpha value is -3.98. The smallest absolute Gasteiger partial charge is 0.333 e. The number of aliphatic hydroxyl groups is 1. The van der Waals surface area contributed by atoms with Crippen LogP contribution < -0.4 is 10.6 Å².